The highest BCUT2D eigenvalue weighted by molar-refractivity contribution is 5.73. The first-order chi connectivity index (χ1) is 6.70. The van der Waals surface area contributed by atoms with Gasteiger partial charge in [-0.15, -0.1) is 0 Å². The maximum Gasteiger partial charge on any atom is 0.218 e. The van der Waals surface area contributed by atoms with E-state index in [0.717, 1.165) is 32.8 Å². The third-order valence-electron chi connectivity index (χ3n) is 3.38. The molecular formula is C10H18N2O2. The van der Waals surface area contributed by atoms with E-state index in [1.54, 1.807) is 0 Å². The van der Waals surface area contributed by atoms with Gasteiger partial charge in [0.1, 0.15) is 0 Å². The Morgan fingerprint density at radius 2 is 2.36 bits per heavy atom. The topological polar surface area (TPSA) is 55.6 Å². The highest BCUT2D eigenvalue weighted by atomic mass is 16.5. The molecular weight excluding hydrogens is 180 g/mol. The van der Waals surface area contributed by atoms with Crippen LogP contribution in [0.5, 0.6) is 0 Å². The van der Waals surface area contributed by atoms with Gasteiger partial charge >= 0.3 is 0 Å². The quantitative estimate of drug-likeness (QED) is 0.693. The number of primary amides is 1. The Hall–Kier alpha value is -0.610. The highest BCUT2D eigenvalue weighted by Crippen LogP contribution is 2.37. The van der Waals surface area contributed by atoms with Crippen LogP contribution in [-0.4, -0.2) is 43.7 Å². The van der Waals surface area contributed by atoms with Gasteiger partial charge in [-0.3, -0.25) is 4.79 Å². The number of nitrogens with two attached hydrogens (primary N) is 1. The molecule has 0 bridgehead atoms. The van der Waals surface area contributed by atoms with Crippen molar-refractivity contribution in [2.75, 3.05) is 32.8 Å². The van der Waals surface area contributed by atoms with Crippen LogP contribution in [0.3, 0.4) is 0 Å². The molecule has 1 atom stereocenters. The normalized spacial score (nSPS) is 32.9. The van der Waals surface area contributed by atoms with E-state index in [1.807, 2.05) is 0 Å². The number of carbonyl (C=O) groups excluding carboxylic acids is 1. The maximum absolute atomic E-state index is 10.6. The van der Waals surface area contributed by atoms with Crippen molar-refractivity contribution < 1.29 is 9.53 Å². The van der Waals surface area contributed by atoms with E-state index in [1.165, 1.54) is 12.8 Å². The fraction of sp³-hybridized carbons (Fsp3) is 0.900. The van der Waals surface area contributed by atoms with Gasteiger partial charge in [0.15, 0.2) is 0 Å². The molecule has 2 rings (SSSR count). The minimum absolute atomic E-state index is 0.200. The zero-order valence-electron chi connectivity index (χ0n) is 8.50. The largest absolute Gasteiger partial charge is 0.381 e. The smallest absolute Gasteiger partial charge is 0.218 e. The summed E-state index contributed by atoms with van der Waals surface area (Å²) in [5, 5.41) is 0. The van der Waals surface area contributed by atoms with Crippen molar-refractivity contribution in [1.82, 2.24) is 4.90 Å². The molecule has 2 heterocycles. The second kappa shape index (κ2) is 3.87. The van der Waals surface area contributed by atoms with Crippen molar-refractivity contribution in [1.29, 1.82) is 0 Å². The molecule has 0 aliphatic carbocycles. The zero-order valence-corrected chi connectivity index (χ0v) is 8.50. The van der Waals surface area contributed by atoms with Gasteiger partial charge in [0.05, 0.1) is 6.61 Å². The van der Waals surface area contributed by atoms with Crippen LogP contribution >= 0.6 is 0 Å². The number of likely N-dealkylation sites (tertiary alicyclic amines) is 1. The molecule has 2 N–H and O–H groups in total. The standard InChI is InChI=1S/C10H18N2O2/c11-9(13)1-4-12-5-2-10(7-12)3-6-14-8-10/h1-8H2,(H2,11,13). The third-order valence-corrected chi connectivity index (χ3v) is 3.38. The van der Waals surface area contributed by atoms with E-state index in [9.17, 15) is 4.79 Å². The predicted molar refractivity (Wildman–Crippen MR) is 52.7 cm³/mol. The molecule has 1 spiro atoms. The van der Waals surface area contributed by atoms with Crippen molar-refractivity contribution in [2.45, 2.75) is 19.3 Å². The third kappa shape index (κ3) is 2.07. The monoisotopic (exact) mass is 198 g/mol. The molecule has 2 aliphatic rings. The van der Waals surface area contributed by atoms with Crippen LogP contribution in [0, 0.1) is 5.41 Å². The zero-order chi connectivity index (χ0) is 10.0. The minimum atomic E-state index is -0.200. The van der Waals surface area contributed by atoms with Crippen molar-refractivity contribution in [3.63, 3.8) is 0 Å². The molecule has 0 aromatic rings. The summed E-state index contributed by atoms with van der Waals surface area (Å²) in [6.45, 7) is 4.80. The molecule has 1 amide bonds. The summed E-state index contributed by atoms with van der Waals surface area (Å²) in [4.78, 5) is 13.0. The van der Waals surface area contributed by atoms with Gasteiger partial charge in [-0.1, -0.05) is 0 Å². The number of ether oxygens (including phenoxy) is 1. The first-order valence-electron chi connectivity index (χ1n) is 5.29. The fourth-order valence-electron chi connectivity index (χ4n) is 2.46. The Labute approximate surface area is 84.4 Å². The Morgan fingerprint density at radius 3 is 3.00 bits per heavy atom. The molecule has 0 saturated carbocycles. The maximum atomic E-state index is 10.6. The molecule has 4 heteroatoms. The Kier molecular flexibility index (Phi) is 2.74. The second-order valence-electron chi connectivity index (χ2n) is 4.55. The number of hydrogen-bond donors (Lipinski definition) is 1. The summed E-state index contributed by atoms with van der Waals surface area (Å²) in [6, 6.07) is 0. The van der Waals surface area contributed by atoms with E-state index in [4.69, 9.17) is 10.5 Å². The van der Waals surface area contributed by atoms with Crippen molar-refractivity contribution in [3.05, 3.63) is 0 Å². The summed E-state index contributed by atoms with van der Waals surface area (Å²) >= 11 is 0. The predicted octanol–water partition coefficient (Wildman–Crippen LogP) is -0.0258. The Morgan fingerprint density at radius 1 is 1.50 bits per heavy atom. The van der Waals surface area contributed by atoms with Gasteiger partial charge in [0, 0.05) is 31.5 Å². The lowest BCUT2D eigenvalue weighted by molar-refractivity contribution is -0.118. The fourth-order valence-corrected chi connectivity index (χ4v) is 2.46. The average molecular weight is 198 g/mol. The van der Waals surface area contributed by atoms with Gasteiger partial charge in [0.2, 0.25) is 5.91 Å². The van der Waals surface area contributed by atoms with Crippen LogP contribution in [0.15, 0.2) is 0 Å². The number of nitrogens with zero attached hydrogens (tertiary/aromatic N) is 1. The molecule has 14 heavy (non-hydrogen) atoms. The van der Waals surface area contributed by atoms with Gasteiger partial charge in [0.25, 0.3) is 0 Å². The van der Waals surface area contributed by atoms with E-state index < -0.39 is 0 Å². The number of amides is 1. The van der Waals surface area contributed by atoms with Crippen LogP contribution in [0.2, 0.25) is 0 Å². The van der Waals surface area contributed by atoms with Gasteiger partial charge in [-0.25, -0.2) is 0 Å². The summed E-state index contributed by atoms with van der Waals surface area (Å²) < 4.78 is 5.44. The van der Waals surface area contributed by atoms with Crippen molar-refractivity contribution in [3.8, 4) is 0 Å². The molecule has 0 aromatic heterocycles. The average Bonchev–Trinajstić information content (AvgIpc) is 2.74. The first-order valence-corrected chi connectivity index (χ1v) is 5.29. The molecule has 2 aliphatic heterocycles. The molecule has 2 fully saturated rings. The molecule has 0 radical (unpaired) electrons. The first kappa shape index (κ1) is 9.93. The number of rotatable bonds is 3. The molecule has 80 valence electrons. The Bertz CT molecular complexity index is 224. The number of carbonyl (C=O) groups is 1. The summed E-state index contributed by atoms with van der Waals surface area (Å²) in [6.07, 6.45) is 2.88. The van der Waals surface area contributed by atoms with Crippen LogP contribution in [0.1, 0.15) is 19.3 Å². The van der Waals surface area contributed by atoms with Gasteiger partial charge in [-0.05, 0) is 19.4 Å². The van der Waals surface area contributed by atoms with E-state index >= 15 is 0 Å². The Balaban J connectivity index is 1.79. The van der Waals surface area contributed by atoms with E-state index in [2.05, 4.69) is 4.90 Å². The molecule has 1 unspecified atom stereocenters. The van der Waals surface area contributed by atoms with Crippen molar-refractivity contribution >= 4 is 5.91 Å². The van der Waals surface area contributed by atoms with Crippen LogP contribution in [-0.2, 0) is 9.53 Å². The molecule has 0 aromatic carbocycles. The lowest BCUT2D eigenvalue weighted by atomic mass is 9.87. The lowest BCUT2D eigenvalue weighted by Crippen LogP contribution is -2.30. The SMILES string of the molecule is NC(=O)CCN1CCC2(CCOC2)C1. The van der Waals surface area contributed by atoms with E-state index in [-0.39, 0.29) is 5.91 Å². The highest BCUT2D eigenvalue weighted by Gasteiger charge is 2.40. The number of hydrogen-bond acceptors (Lipinski definition) is 3. The van der Waals surface area contributed by atoms with Gasteiger partial charge < -0.3 is 15.4 Å². The van der Waals surface area contributed by atoms with Crippen LogP contribution in [0.25, 0.3) is 0 Å². The van der Waals surface area contributed by atoms with Gasteiger partial charge in [-0.2, -0.15) is 0 Å². The molecule has 2 saturated heterocycles. The lowest BCUT2D eigenvalue weighted by Gasteiger charge is -2.21. The summed E-state index contributed by atoms with van der Waals surface area (Å²) in [5.74, 6) is -0.200. The molecule has 4 nitrogen and oxygen atoms in total. The van der Waals surface area contributed by atoms with Crippen LogP contribution in [0.4, 0.5) is 0 Å². The van der Waals surface area contributed by atoms with E-state index in [0.29, 0.717) is 11.8 Å². The second-order valence-corrected chi connectivity index (χ2v) is 4.55. The summed E-state index contributed by atoms with van der Waals surface area (Å²) in [7, 11) is 0. The van der Waals surface area contributed by atoms with Crippen molar-refractivity contribution in [2.24, 2.45) is 11.1 Å². The minimum Gasteiger partial charge on any atom is -0.381 e. The van der Waals surface area contributed by atoms with Crippen LogP contribution < -0.4 is 5.73 Å². The summed E-state index contributed by atoms with van der Waals surface area (Å²) in [5.41, 5.74) is 5.53.